The largest absolute Gasteiger partial charge is 0.422 e. The van der Waals surface area contributed by atoms with E-state index < -0.39 is 22.4 Å². The lowest BCUT2D eigenvalue weighted by Gasteiger charge is -2.06. The SMILES string of the molecule is FC(F)(F)CC[SiH2]OCC(Br)Br. The van der Waals surface area contributed by atoms with Gasteiger partial charge in [0.25, 0.3) is 0 Å². The molecule has 0 saturated heterocycles. The summed E-state index contributed by atoms with van der Waals surface area (Å²) in [4.78, 5) is 0. The van der Waals surface area contributed by atoms with Crippen LogP contribution in [-0.2, 0) is 4.43 Å². The standard InChI is InChI=1S/C5H9Br2F3OSi/c6-4(7)3-11-12-2-1-5(8,9)10/h4H,1-3,12H2. The van der Waals surface area contributed by atoms with E-state index in [1.165, 1.54) is 0 Å². The Balaban J connectivity index is 3.12. The van der Waals surface area contributed by atoms with Crippen LogP contribution in [-0.4, -0.2) is 26.3 Å². The molecule has 0 aliphatic heterocycles. The normalized spacial score (nSPS) is 13.5. The summed E-state index contributed by atoms with van der Waals surface area (Å²) in [7, 11) is -0.991. The maximum absolute atomic E-state index is 11.6. The van der Waals surface area contributed by atoms with Crippen molar-refractivity contribution in [2.75, 3.05) is 6.61 Å². The van der Waals surface area contributed by atoms with Gasteiger partial charge in [-0.25, -0.2) is 0 Å². The number of halogens is 5. The summed E-state index contributed by atoms with van der Waals surface area (Å²) < 4.78 is 39.8. The summed E-state index contributed by atoms with van der Waals surface area (Å²) in [5.74, 6) is 0. The highest BCUT2D eigenvalue weighted by Crippen LogP contribution is 2.21. The van der Waals surface area contributed by atoms with Crippen LogP contribution in [0.5, 0.6) is 0 Å². The predicted molar refractivity (Wildman–Crippen MR) is 51.6 cm³/mol. The highest BCUT2D eigenvalue weighted by atomic mass is 79.9. The van der Waals surface area contributed by atoms with Gasteiger partial charge in [-0.05, 0) is 6.04 Å². The quantitative estimate of drug-likeness (QED) is 0.428. The third-order valence-electron chi connectivity index (χ3n) is 0.993. The van der Waals surface area contributed by atoms with Crippen molar-refractivity contribution in [2.45, 2.75) is 22.4 Å². The van der Waals surface area contributed by atoms with Crippen LogP contribution in [0.15, 0.2) is 0 Å². The third-order valence-corrected chi connectivity index (χ3v) is 2.69. The fraction of sp³-hybridized carbons (Fsp3) is 1.00. The molecular weight excluding hydrogens is 321 g/mol. The number of alkyl halides is 5. The van der Waals surface area contributed by atoms with Gasteiger partial charge in [-0.2, -0.15) is 13.2 Å². The molecular formula is C5H9Br2F3OSi. The first-order valence-electron chi connectivity index (χ1n) is 3.34. The van der Waals surface area contributed by atoms with Gasteiger partial charge in [0.2, 0.25) is 0 Å². The Labute approximate surface area is 88.2 Å². The van der Waals surface area contributed by atoms with Gasteiger partial charge in [0.05, 0.1) is 10.3 Å². The molecule has 0 spiro atoms. The summed E-state index contributed by atoms with van der Waals surface area (Å²) >= 11 is 6.32. The molecule has 0 N–H and O–H groups in total. The second-order valence-corrected chi connectivity index (χ2v) is 7.15. The van der Waals surface area contributed by atoms with Crippen molar-refractivity contribution >= 4 is 41.6 Å². The minimum absolute atomic E-state index is 0.0448. The van der Waals surface area contributed by atoms with Gasteiger partial charge < -0.3 is 4.43 Å². The second kappa shape index (κ2) is 6.39. The van der Waals surface area contributed by atoms with E-state index in [0.29, 0.717) is 6.61 Å². The first-order valence-corrected chi connectivity index (χ1v) is 6.75. The van der Waals surface area contributed by atoms with E-state index in [9.17, 15) is 13.2 Å². The van der Waals surface area contributed by atoms with Gasteiger partial charge >= 0.3 is 6.18 Å². The van der Waals surface area contributed by atoms with Crippen molar-refractivity contribution in [3.8, 4) is 0 Å². The lowest BCUT2D eigenvalue weighted by Crippen LogP contribution is -2.11. The molecule has 0 bridgehead atoms. The lowest BCUT2D eigenvalue weighted by molar-refractivity contribution is -0.130. The molecule has 0 saturated carbocycles. The molecule has 0 aromatic rings. The van der Waals surface area contributed by atoms with Crippen LogP contribution >= 0.6 is 31.9 Å². The van der Waals surface area contributed by atoms with E-state index in [4.69, 9.17) is 4.43 Å². The van der Waals surface area contributed by atoms with Crippen LogP contribution in [0.4, 0.5) is 13.2 Å². The minimum Gasteiger partial charge on any atom is -0.422 e. The fourth-order valence-electron chi connectivity index (χ4n) is 0.547. The van der Waals surface area contributed by atoms with E-state index in [2.05, 4.69) is 31.9 Å². The molecule has 0 atom stereocenters. The Morgan fingerprint density at radius 2 is 1.92 bits per heavy atom. The Kier molecular flexibility index (Phi) is 6.88. The van der Waals surface area contributed by atoms with E-state index in [0.717, 1.165) is 0 Å². The lowest BCUT2D eigenvalue weighted by atomic mass is 10.5. The second-order valence-electron chi connectivity index (χ2n) is 2.18. The van der Waals surface area contributed by atoms with E-state index >= 15 is 0 Å². The zero-order valence-electron chi connectivity index (χ0n) is 6.20. The molecule has 1 nitrogen and oxygen atoms in total. The predicted octanol–water partition coefficient (Wildman–Crippen LogP) is 2.57. The Hall–Kier alpha value is 0.927. The van der Waals surface area contributed by atoms with Crippen LogP contribution in [0, 0.1) is 0 Å². The van der Waals surface area contributed by atoms with Crippen LogP contribution < -0.4 is 0 Å². The van der Waals surface area contributed by atoms with E-state index in [1.54, 1.807) is 0 Å². The maximum atomic E-state index is 11.6. The van der Waals surface area contributed by atoms with E-state index in [-0.39, 0.29) is 9.78 Å². The molecule has 0 rings (SSSR count). The zero-order valence-corrected chi connectivity index (χ0v) is 10.8. The molecule has 0 aromatic carbocycles. The first kappa shape index (κ1) is 12.9. The van der Waals surface area contributed by atoms with Gasteiger partial charge in [0.1, 0.15) is 0 Å². The summed E-state index contributed by atoms with van der Waals surface area (Å²) in [6.45, 7) is 0.435. The monoisotopic (exact) mass is 328 g/mol. The molecule has 0 radical (unpaired) electrons. The molecule has 0 amide bonds. The molecule has 0 aliphatic carbocycles. The Morgan fingerprint density at radius 1 is 1.33 bits per heavy atom. The number of rotatable bonds is 5. The van der Waals surface area contributed by atoms with Crippen LogP contribution in [0.25, 0.3) is 0 Å². The van der Waals surface area contributed by atoms with Crippen molar-refractivity contribution in [1.82, 2.24) is 0 Å². The topological polar surface area (TPSA) is 9.23 Å². The summed E-state index contributed by atoms with van der Waals surface area (Å²) in [5.41, 5.74) is 0. The van der Waals surface area contributed by atoms with Crippen LogP contribution in [0.3, 0.4) is 0 Å². The van der Waals surface area contributed by atoms with Crippen LogP contribution in [0.2, 0.25) is 6.04 Å². The van der Waals surface area contributed by atoms with Crippen molar-refractivity contribution < 1.29 is 17.6 Å². The number of hydrogen-bond donors (Lipinski definition) is 0. The summed E-state index contributed by atoms with van der Waals surface area (Å²) in [6.07, 6.45) is -4.74. The summed E-state index contributed by atoms with van der Waals surface area (Å²) in [5, 5.41) is 0. The molecule has 0 fully saturated rings. The van der Waals surface area contributed by atoms with Crippen LogP contribution in [0.1, 0.15) is 6.42 Å². The maximum Gasteiger partial charge on any atom is 0.388 e. The van der Waals surface area contributed by atoms with Crippen molar-refractivity contribution in [2.24, 2.45) is 0 Å². The average molecular weight is 330 g/mol. The summed E-state index contributed by atoms with van der Waals surface area (Å²) in [6, 6.07) is 0.163. The van der Waals surface area contributed by atoms with Gasteiger partial charge in [-0.1, -0.05) is 31.9 Å². The molecule has 0 aromatic heterocycles. The highest BCUT2D eigenvalue weighted by Gasteiger charge is 2.25. The molecule has 12 heavy (non-hydrogen) atoms. The van der Waals surface area contributed by atoms with Gasteiger partial charge in [0.15, 0.2) is 9.76 Å². The van der Waals surface area contributed by atoms with Crippen molar-refractivity contribution in [1.29, 1.82) is 0 Å². The third kappa shape index (κ3) is 10.9. The smallest absolute Gasteiger partial charge is 0.388 e. The Bertz CT molecular complexity index is 120. The van der Waals surface area contributed by atoms with Gasteiger partial charge in [-0.3, -0.25) is 0 Å². The molecule has 7 heteroatoms. The number of hydrogen-bond acceptors (Lipinski definition) is 1. The highest BCUT2D eigenvalue weighted by molar-refractivity contribution is 9.24. The Morgan fingerprint density at radius 3 is 2.33 bits per heavy atom. The molecule has 0 unspecified atom stereocenters. The molecule has 0 aliphatic rings. The molecule has 0 heterocycles. The average Bonchev–Trinajstić information content (AvgIpc) is 1.83. The van der Waals surface area contributed by atoms with Crippen molar-refractivity contribution in [3.63, 3.8) is 0 Å². The molecule has 74 valence electrons. The van der Waals surface area contributed by atoms with Crippen molar-refractivity contribution in [3.05, 3.63) is 0 Å². The fourth-order valence-corrected chi connectivity index (χ4v) is 2.76. The minimum atomic E-state index is -4.03. The first-order chi connectivity index (χ1) is 5.42. The van der Waals surface area contributed by atoms with Gasteiger partial charge in [-0.15, -0.1) is 0 Å². The zero-order chi connectivity index (χ0) is 9.61. The van der Waals surface area contributed by atoms with Gasteiger partial charge in [0, 0.05) is 6.42 Å². The van der Waals surface area contributed by atoms with E-state index in [1.807, 2.05) is 0 Å².